The van der Waals surface area contributed by atoms with Crippen LogP contribution < -0.4 is 17.6 Å². The third-order valence-corrected chi connectivity index (χ3v) is 1.29. The third-order valence-electron chi connectivity index (χ3n) is 1.29. The SMILES string of the molecule is Cl.N.NCCCCC(N)C(=O)O. The van der Waals surface area contributed by atoms with Gasteiger partial charge in [-0.25, -0.2) is 0 Å². The Morgan fingerprint density at radius 2 is 1.92 bits per heavy atom. The number of hydrogen-bond donors (Lipinski definition) is 4. The minimum atomic E-state index is -0.933. The first-order chi connectivity index (χ1) is 4.68. The van der Waals surface area contributed by atoms with Crippen molar-refractivity contribution in [3.8, 4) is 0 Å². The highest BCUT2D eigenvalue weighted by atomic mass is 35.5. The first kappa shape index (κ1) is 17.7. The summed E-state index contributed by atoms with van der Waals surface area (Å²) in [7, 11) is 0. The number of hydrogen-bond acceptors (Lipinski definition) is 4. The van der Waals surface area contributed by atoms with Gasteiger partial charge in [0, 0.05) is 0 Å². The molecule has 0 saturated carbocycles. The molecule has 0 aromatic rings. The van der Waals surface area contributed by atoms with E-state index in [4.69, 9.17) is 16.6 Å². The van der Waals surface area contributed by atoms with E-state index in [1.54, 1.807) is 0 Å². The lowest BCUT2D eigenvalue weighted by Crippen LogP contribution is -2.29. The summed E-state index contributed by atoms with van der Waals surface area (Å²) in [4.78, 5) is 10.1. The molecule has 76 valence electrons. The number of aliphatic carboxylic acids is 1. The van der Waals surface area contributed by atoms with Crippen molar-refractivity contribution in [2.45, 2.75) is 25.3 Å². The zero-order valence-corrected chi connectivity index (χ0v) is 7.85. The first-order valence-electron chi connectivity index (χ1n) is 3.37. The number of nitrogens with two attached hydrogens (primary N) is 2. The number of rotatable bonds is 5. The standard InChI is InChI=1S/C6H14N2O2.ClH.H3N/c7-4-2-1-3-5(8)6(9)10;;/h5H,1-4,7-8H2,(H,9,10);1H;1H3. The Morgan fingerprint density at radius 3 is 2.25 bits per heavy atom. The van der Waals surface area contributed by atoms with Gasteiger partial charge in [0.2, 0.25) is 0 Å². The van der Waals surface area contributed by atoms with Crippen molar-refractivity contribution in [3.05, 3.63) is 0 Å². The molecule has 0 aromatic carbocycles. The van der Waals surface area contributed by atoms with Gasteiger partial charge >= 0.3 is 5.97 Å². The summed E-state index contributed by atoms with van der Waals surface area (Å²) in [6.45, 7) is 0.604. The summed E-state index contributed by atoms with van der Waals surface area (Å²) in [5.74, 6) is -0.933. The minimum Gasteiger partial charge on any atom is -0.480 e. The van der Waals surface area contributed by atoms with Crippen LogP contribution in [-0.2, 0) is 4.79 Å². The quantitative estimate of drug-likeness (QED) is 0.468. The van der Waals surface area contributed by atoms with E-state index in [2.05, 4.69) is 0 Å². The summed E-state index contributed by atoms with van der Waals surface area (Å²) in [6, 6.07) is -0.716. The second-order valence-electron chi connectivity index (χ2n) is 2.23. The van der Waals surface area contributed by atoms with Crippen LogP contribution in [0.4, 0.5) is 0 Å². The van der Waals surface area contributed by atoms with Crippen LogP contribution in [0.3, 0.4) is 0 Å². The molecule has 0 rings (SSSR count). The molecule has 12 heavy (non-hydrogen) atoms. The van der Waals surface area contributed by atoms with Crippen molar-refractivity contribution >= 4 is 18.4 Å². The molecule has 0 saturated heterocycles. The second-order valence-corrected chi connectivity index (χ2v) is 2.23. The summed E-state index contributed by atoms with van der Waals surface area (Å²) in [5.41, 5.74) is 10.4. The van der Waals surface area contributed by atoms with Gasteiger partial charge in [-0.15, -0.1) is 12.4 Å². The maximum absolute atomic E-state index is 10.1. The van der Waals surface area contributed by atoms with E-state index in [1.165, 1.54) is 0 Å². The van der Waals surface area contributed by atoms with Crippen LogP contribution in [-0.4, -0.2) is 23.7 Å². The fourth-order valence-corrected chi connectivity index (χ4v) is 0.632. The highest BCUT2D eigenvalue weighted by Gasteiger charge is 2.09. The fourth-order valence-electron chi connectivity index (χ4n) is 0.632. The van der Waals surface area contributed by atoms with Crippen LogP contribution in [0.25, 0.3) is 0 Å². The molecule has 0 heterocycles. The highest BCUT2D eigenvalue weighted by molar-refractivity contribution is 5.85. The van der Waals surface area contributed by atoms with E-state index in [0.717, 1.165) is 12.8 Å². The molecule has 1 unspecified atom stereocenters. The number of carbonyl (C=O) groups is 1. The Hall–Kier alpha value is -0.360. The molecular weight excluding hydrogens is 182 g/mol. The molecule has 0 amide bonds. The molecule has 6 heteroatoms. The van der Waals surface area contributed by atoms with Crippen molar-refractivity contribution in [1.82, 2.24) is 6.15 Å². The number of carboxylic acids is 1. The van der Waals surface area contributed by atoms with Crippen LogP contribution in [0.1, 0.15) is 19.3 Å². The van der Waals surface area contributed by atoms with E-state index in [1.807, 2.05) is 0 Å². The van der Waals surface area contributed by atoms with E-state index in [-0.39, 0.29) is 18.6 Å². The summed E-state index contributed by atoms with van der Waals surface area (Å²) in [5, 5.41) is 8.33. The molecule has 0 bridgehead atoms. The van der Waals surface area contributed by atoms with Crippen molar-refractivity contribution in [2.75, 3.05) is 6.54 Å². The third kappa shape index (κ3) is 9.64. The van der Waals surface area contributed by atoms with E-state index >= 15 is 0 Å². The summed E-state index contributed by atoms with van der Waals surface area (Å²) >= 11 is 0. The van der Waals surface area contributed by atoms with Gasteiger partial charge in [-0.1, -0.05) is 6.42 Å². The maximum Gasteiger partial charge on any atom is 0.320 e. The van der Waals surface area contributed by atoms with Crippen molar-refractivity contribution in [3.63, 3.8) is 0 Å². The zero-order valence-electron chi connectivity index (χ0n) is 7.03. The van der Waals surface area contributed by atoms with Gasteiger partial charge in [-0.2, -0.15) is 0 Å². The predicted octanol–water partition coefficient (Wildman–Crippen LogP) is 0.111. The molecule has 0 radical (unpaired) electrons. The normalized spacial score (nSPS) is 10.8. The number of halogens is 1. The van der Waals surface area contributed by atoms with Gasteiger partial charge in [0.25, 0.3) is 0 Å². The molecule has 0 aliphatic rings. The minimum absolute atomic E-state index is 0. The van der Waals surface area contributed by atoms with Crippen LogP contribution in [0.5, 0.6) is 0 Å². The first-order valence-corrected chi connectivity index (χ1v) is 3.37. The smallest absolute Gasteiger partial charge is 0.320 e. The van der Waals surface area contributed by atoms with Crippen LogP contribution in [0.2, 0.25) is 0 Å². The van der Waals surface area contributed by atoms with Crippen LogP contribution in [0.15, 0.2) is 0 Å². The average Bonchev–Trinajstić information content (AvgIpc) is 1.88. The second kappa shape index (κ2) is 10.6. The van der Waals surface area contributed by atoms with Gasteiger partial charge in [-0.3, -0.25) is 4.79 Å². The van der Waals surface area contributed by atoms with Crippen molar-refractivity contribution in [1.29, 1.82) is 0 Å². The molecule has 1 atom stereocenters. The maximum atomic E-state index is 10.1. The molecular formula is C6H18ClN3O2. The molecule has 0 aliphatic heterocycles. The van der Waals surface area contributed by atoms with Crippen molar-refractivity contribution < 1.29 is 9.90 Å². The lowest BCUT2D eigenvalue weighted by Gasteiger charge is -2.03. The number of carboxylic acid groups (broad SMARTS) is 1. The van der Waals surface area contributed by atoms with Gasteiger partial charge in [0.1, 0.15) is 6.04 Å². The van der Waals surface area contributed by atoms with Gasteiger partial charge in [0.05, 0.1) is 0 Å². The molecule has 0 aromatic heterocycles. The average molecular weight is 200 g/mol. The lowest BCUT2D eigenvalue weighted by molar-refractivity contribution is -0.138. The van der Waals surface area contributed by atoms with Gasteiger partial charge in [0.15, 0.2) is 0 Å². The topological polar surface area (TPSA) is 124 Å². The molecule has 8 N–H and O–H groups in total. The Balaban J connectivity index is -0.000000405. The van der Waals surface area contributed by atoms with Gasteiger partial charge < -0.3 is 22.7 Å². The monoisotopic (exact) mass is 199 g/mol. The largest absolute Gasteiger partial charge is 0.480 e. The molecule has 0 fully saturated rings. The lowest BCUT2D eigenvalue weighted by atomic mass is 10.1. The van der Waals surface area contributed by atoms with E-state index < -0.39 is 12.0 Å². The molecule has 0 aliphatic carbocycles. The van der Waals surface area contributed by atoms with Gasteiger partial charge in [-0.05, 0) is 19.4 Å². The van der Waals surface area contributed by atoms with Crippen molar-refractivity contribution in [2.24, 2.45) is 11.5 Å². The Kier molecular flexibility index (Phi) is 15.7. The van der Waals surface area contributed by atoms with E-state index in [0.29, 0.717) is 13.0 Å². The molecule has 5 nitrogen and oxygen atoms in total. The number of unbranched alkanes of at least 4 members (excludes halogenated alkanes) is 1. The summed E-state index contributed by atoms with van der Waals surface area (Å²) < 4.78 is 0. The summed E-state index contributed by atoms with van der Waals surface area (Å²) in [6.07, 6.45) is 2.16. The fraction of sp³-hybridized carbons (Fsp3) is 0.833. The molecule has 0 spiro atoms. The predicted molar refractivity (Wildman–Crippen MR) is 50.8 cm³/mol. The zero-order chi connectivity index (χ0) is 7.98. The highest BCUT2D eigenvalue weighted by Crippen LogP contribution is 1.96. The van der Waals surface area contributed by atoms with Crippen LogP contribution >= 0.6 is 12.4 Å². The Labute approximate surface area is 78.5 Å². The Bertz CT molecular complexity index is 113. The Morgan fingerprint density at radius 1 is 1.42 bits per heavy atom. The van der Waals surface area contributed by atoms with E-state index in [9.17, 15) is 4.79 Å². The van der Waals surface area contributed by atoms with Crippen LogP contribution in [0, 0.1) is 0 Å².